The lowest BCUT2D eigenvalue weighted by molar-refractivity contribution is -0.0285. The fourth-order valence-corrected chi connectivity index (χ4v) is 6.25. The highest BCUT2D eigenvalue weighted by molar-refractivity contribution is 4.89. The molecule has 3 N–H and O–H groups in total. The number of nitrogens with one attached hydrogen (secondary N) is 1. The van der Waals surface area contributed by atoms with Gasteiger partial charge in [0.15, 0.2) is 0 Å². The van der Waals surface area contributed by atoms with Gasteiger partial charge >= 0.3 is 0 Å². The minimum absolute atomic E-state index is 0.360. The van der Waals surface area contributed by atoms with E-state index in [2.05, 4.69) is 52.6 Å². The number of piperidine rings is 2. The van der Waals surface area contributed by atoms with Gasteiger partial charge < -0.3 is 20.9 Å². The van der Waals surface area contributed by atoms with Crippen molar-refractivity contribution in [3.63, 3.8) is 0 Å². The summed E-state index contributed by atoms with van der Waals surface area (Å²) in [4.78, 5) is 11.1. The molecule has 2 rings (SSSR count). The monoisotopic (exact) mass is 480 g/mol. The van der Waals surface area contributed by atoms with E-state index in [9.17, 15) is 0 Å². The molecule has 2 saturated heterocycles. The van der Waals surface area contributed by atoms with Gasteiger partial charge in [0, 0.05) is 31.7 Å². The van der Waals surface area contributed by atoms with Gasteiger partial charge in [0.1, 0.15) is 0 Å². The van der Waals surface area contributed by atoms with Gasteiger partial charge in [-0.2, -0.15) is 0 Å². The number of nitrogens with two attached hydrogens (primary N) is 1. The summed E-state index contributed by atoms with van der Waals surface area (Å²) in [6.45, 7) is 22.7. The van der Waals surface area contributed by atoms with Crippen molar-refractivity contribution >= 4 is 0 Å². The first-order chi connectivity index (χ1) is 16.6. The van der Waals surface area contributed by atoms with Crippen LogP contribution in [0.15, 0.2) is 0 Å². The second-order valence-electron chi connectivity index (χ2n) is 10.9. The molecule has 2 atom stereocenters. The first-order valence-electron chi connectivity index (χ1n) is 15.0. The molecule has 202 valence electrons. The van der Waals surface area contributed by atoms with E-state index >= 15 is 0 Å². The third-order valence-corrected chi connectivity index (χ3v) is 7.85. The topological polar surface area (TPSA) is 51.0 Å². The molecule has 2 heterocycles. The SMILES string of the molecule is CCCN(CCC)CCCN1CCC(N)CC1N(CCCN(CCC)CCC)C1CCNCC1. The van der Waals surface area contributed by atoms with Gasteiger partial charge in [-0.1, -0.05) is 27.7 Å². The maximum atomic E-state index is 6.58. The molecule has 6 nitrogen and oxygen atoms in total. The molecule has 0 amide bonds. The number of likely N-dealkylation sites (tertiary alicyclic amines) is 1. The maximum Gasteiger partial charge on any atom is 0.0639 e. The maximum absolute atomic E-state index is 6.58. The summed E-state index contributed by atoms with van der Waals surface area (Å²) in [5, 5.41) is 3.59. The zero-order chi connectivity index (χ0) is 24.6. The zero-order valence-electron chi connectivity index (χ0n) is 23.4. The standard InChI is InChI=1S/C28H60N6/c1-5-16-31(17-6-2)20-9-22-33-24-13-26(29)25-28(33)34(27-11-14-30-15-12-27)23-10-21-32(18-7-3)19-8-4/h26-28,30H,5-25,29H2,1-4H3. The van der Waals surface area contributed by atoms with Gasteiger partial charge in [-0.3, -0.25) is 9.80 Å². The summed E-state index contributed by atoms with van der Waals surface area (Å²) >= 11 is 0. The summed E-state index contributed by atoms with van der Waals surface area (Å²) in [5.74, 6) is 0. The highest BCUT2D eigenvalue weighted by atomic mass is 15.4. The Morgan fingerprint density at radius 1 is 0.735 bits per heavy atom. The predicted octanol–water partition coefficient (Wildman–Crippen LogP) is 3.81. The van der Waals surface area contributed by atoms with Crippen LogP contribution in [-0.4, -0.2) is 110 Å². The summed E-state index contributed by atoms with van der Waals surface area (Å²) in [6.07, 6.45) is 13.0. The molecular formula is C28H60N6. The van der Waals surface area contributed by atoms with Crippen LogP contribution < -0.4 is 11.1 Å². The van der Waals surface area contributed by atoms with Gasteiger partial charge in [-0.15, -0.1) is 0 Å². The van der Waals surface area contributed by atoms with Crippen LogP contribution in [-0.2, 0) is 0 Å². The lowest BCUT2D eigenvalue weighted by Gasteiger charge is -2.48. The molecule has 6 heteroatoms. The zero-order valence-corrected chi connectivity index (χ0v) is 23.4. The molecule has 0 aromatic carbocycles. The van der Waals surface area contributed by atoms with Crippen molar-refractivity contribution in [2.75, 3.05) is 72.0 Å². The van der Waals surface area contributed by atoms with Crippen molar-refractivity contribution < 1.29 is 0 Å². The lowest BCUT2D eigenvalue weighted by Crippen LogP contribution is -2.60. The molecule has 2 fully saturated rings. The first kappa shape index (κ1) is 30.0. The minimum atomic E-state index is 0.360. The average Bonchev–Trinajstić information content (AvgIpc) is 2.84. The van der Waals surface area contributed by atoms with Crippen molar-refractivity contribution in [2.24, 2.45) is 5.73 Å². The number of hydrogen-bond acceptors (Lipinski definition) is 6. The molecule has 0 saturated carbocycles. The van der Waals surface area contributed by atoms with Crippen molar-refractivity contribution in [3.8, 4) is 0 Å². The largest absolute Gasteiger partial charge is 0.328 e. The van der Waals surface area contributed by atoms with Crippen LogP contribution in [0.3, 0.4) is 0 Å². The van der Waals surface area contributed by atoms with Gasteiger partial charge in [0.25, 0.3) is 0 Å². The molecular weight excluding hydrogens is 420 g/mol. The molecule has 0 aliphatic carbocycles. The molecule has 0 aromatic heterocycles. The molecule has 0 bridgehead atoms. The third kappa shape index (κ3) is 10.8. The molecule has 34 heavy (non-hydrogen) atoms. The van der Waals surface area contributed by atoms with E-state index in [4.69, 9.17) is 5.73 Å². The summed E-state index contributed by atoms with van der Waals surface area (Å²) in [5.41, 5.74) is 6.58. The molecule has 0 spiro atoms. The Balaban J connectivity index is 2.01. The van der Waals surface area contributed by atoms with E-state index in [0.29, 0.717) is 18.2 Å². The van der Waals surface area contributed by atoms with Crippen LogP contribution in [0.1, 0.15) is 91.9 Å². The number of nitrogens with zero attached hydrogens (tertiary/aromatic N) is 4. The highest BCUT2D eigenvalue weighted by Crippen LogP contribution is 2.25. The molecule has 2 unspecified atom stereocenters. The molecule has 2 aliphatic rings. The average molecular weight is 481 g/mol. The Bertz CT molecular complexity index is 472. The van der Waals surface area contributed by atoms with Crippen LogP contribution in [0.4, 0.5) is 0 Å². The van der Waals surface area contributed by atoms with E-state index in [0.717, 1.165) is 12.8 Å². The van der Waals surface area contributed by atoms with Crippen LogP contribution in [0.25, 0.3) is 0 Å². The molecule has 0 radical (unpaired) electrons. The first-order valence-corrected chi connectivity index (χ1v) is 15.0. The van der Waals surface area contributed by atoms with E-state index in [1.807, 2.05) is 0 Å². The summed E-state index contributed by atoms with van der Waals surface area (Å²) < 4.78 is 0. The van der Waals surface area contributed by atoms with Crippen LogP contribution in [0.2, 0.25) is 0 Å². The predicted molar refractivity (Wildman–Crippen MR) is 148 cm³/mol. The van der Waals surface area contributed by atoms with E-state index < -0.39 is 0 Å². The number of hydrogen-bond donors (Lipinski definition) is 2. The third-order valence-electron chi connectivity index (χ3n) is 7.85. The highest BCUT2D eigenvalue weighted by Gasteiger charge is 2.35. The Kier molecular flexibility index (Phi) is 15.9. The molecule has 0 aromatic rings. The van der Waals surface area contributed by atoms with Crippen molar-refractivity contribution in [2.45, 2.75) is 110 Å². The van der Waals surface area contributed by atoms with Gasteiger partial charge in [-0.05, 0) is 117 Å². The van der Waals surface area contributed by atoms with Crippen LogP contribution in [0.5, 0.6) is 0 Å². The summed E-state index contributed by atoms with van der Waals surface area (Å²) in [6, 6.07) is 1.07. The lowest BCUT2D eigenvalue weighted by atomic mass is 9.97. The Morgan fingerprint density at radius 3 is 1.85 bits per heavy atom. The van der Waals surface area contributed by atoms with E-state index in [1.54, 1.807) is 0 Å². The molecule has 2 aliphatic heterocycles. The van der Waals surface area contributed by atoms with Gasteiger partial charge in [0.2, 0.25) is 0 Å². The van der Waals surface area contributed by atoms with Crippen molar-refractivity contribution in [3.05, 3.63) is 0 Å². The Hall–Kier alpha value is -0.240. The van der Waals surface area contributed by atoms with Gasteiger partial charge in [-0.25, -0.2) is 0 Å². The van der Waals surface area contributed by atoms with Crippen molar-refractivity contribution in [1.29, 1.82) is 0 Å². The van der Waals surface area contributed by atoms with Crippen molar-refractivity contribution in [1.82, 2.24) is 24.9 Å². The smallest absolute Gasteiger partial charge is 0.0639 e. The summed E-state index contributed by atoms with van der Waals surface area (Å²) in [7, 11) is 0. The minimum Gasteiger partial charge on any atom is -0.328 e. The normalized spacial score (nSPS) is 22.9. The van der Waals surface area contributed by atoms with Crippen LogP contribution >= 0.6 is 0 Å². The fraction of sp³-hybridized carbons (Fsp3) is 1.00. The second kappa shape index (κ2) is 18.1. The van der Waals surface area contributed by atoms with Crippen LogP contribution in [0, 0.1) is 0 Å². The second-order valence-corrected chi connectivity index (χ2v) is 10.9. The quantitative estimate of drug-likeness (QED) is 0.311. The van der Waals surface area contributed by atoms with E-state index in [-0.39, 0.29) is 0 Å². The Labute approximate surface area is 213 Å². The van der Waals surface area contributed by atoms with Gasteiger partial charge in [0.05, 0.1) is 6.17 Å². The van der Waals surface area contributed by atoms with E-state index in [1.165, 1.54) is 123 Å². The number of rotatable bonds is 18. The fourth-order valence-electron chi connectivity index (χ4n) is 6.25. The Morgan fingerprint density at radius 2 is 1.29 bits per heavy atom.